The van der Waals surface area contributed by atoms with Crippen LogP contribution in [0.3, 0.4) is 0 Å². The lowest BCUT2D eigenvalue weighted by Gasteiger charge is -2.30. The Morgan fingerprint density at radius 1 is 1.16 bits per heavy atom. The average Bonchev–Trinajstić information content (AvgIpc) is 3.00. The predicted octanol–water partition coefficient (Wildman–Crippen LogP) is 4.42. The highest BCUT2D eigenvalue weighted by atomic mass is 35.5. The number of aliphatic imine (C=N–C) groups is 1. The summed E-state index contributed by atoms with van der Waals surface area (Å²) in [4.78, 5) is 43.2. The van der Waals surface area contributed by atoms with Gasteiger partial charge in [0.05, 0.1) is 18.7 Å². The molecular formula is C26H28ClF3N4O4. The molecule has 3 rings (SSSR count). The van der Waals surface area contributed by atoms with E-state index in [2.05, 4.69) is 10.4 Å². The molecular weight excluding hydrogens is 525 g/mol. The Kier molecular flexibility index (Phi) is 9.37. The van der Waals surface area contributed by atoms with Crippen LogP contribution in [0.5, 0.6) is 5.75 Å². The van der Waals surface area contributed by atoms with Crippen molar-refractivity contribution in [2.75, 3.05) is 18.7 Å². The number of fused-ring (bicyclic) bond motifs is 1. The molecule has 0 unspecified atom stereocenters. The lowest BCUT2D eigenvalue weighted by Crippen LogP contribution is -2.52. The van der Waals surface area contributed by atoms with Gasteiger partial charge >= 0.3 is 6.18 Å². The number of nitrogens with two attached hydrogens (primary N) is 1. The number of methoxy groups -OCH3 is 1. The monoisotopic (exact) mass is 552 g/mol. The molecule has 0 radical (unpaired) electrons. The SMILES string of the molecule is CCC[C@H](C(N)=O)[C@@H](CCC(F)(F)F)C(=O)NN1C(=O)CN=C(c2ccc(Cl)cc2)c2cccc(OC)c21. The molecule has 3 N–H and O–H groups in total. The van der Waals surface area contributed by atoms with Crippen molar-refractivity contribution < 1.29 is 32.3 Å². The van der Waals surface area contributed by atoms with Crippen LogP contribution in [0.15, 0.2) is 47.5 Å². The number of alkyl halides is 3. The van der Waals surface area contributed by atoms with Crippen molar-refractivity contribution in [1.29, 1.82) is 0 Å². The van der Waals surface area contributed by atoms with E-state index in [1.807, 2.05) is 0 Å². The second-order valence-corrected chi connectivity index (χ2v) is 9.23. The number of nitrogens with one attached hydrogen (secondary N) is 1. The third-order valence-corrected chi connectivity index (χ3v) is 6.44. The number of primary amides is 1. The lowest BCUT2D eigenvalue weighted by atomic mass is 9.84. The summed E-state index contributed by atoms with van der Waals surface area (Å²) in [5, 5.41) is 1.42. The molecule has 0 spiro atoms. The van der Waals surface area contributed by atoms with E-state index in [4.69, 9.17) is 22.1 Å². The molecule has 3 amide bonds. The summed E-state index contributed by atoms with van der Waals surface area (Å²) in [5.74, 6) is -4.84. The number of anilines is 1. The van der Waals surface area contributed by atoms with E-state index < -0.39 is 48.6 Å². The Morgan fingerprint density at radius 3 is 2.42 bits per heavy atom. The fourth-order valence-corrected chi connectivity index (χ4v) is 4.51. The number of hydrogen-bond acceptors (Lipinski definition) is 5. The highest BCUT2D eigenvalue weighted by Crippen LogP contribution is 2.36. The van der Waals surface area contributed by atoms with E-state index in [0.717, 1.165) is 5.01 Å². The van der Waals surface area contributed by atoms with Gasteiger partial charge in [0.2, 0.25) is 11.8 Å². The summed E-state index contributed by atoms with van der Waals surface area (Å²) in [6.07, 6.45) is -5.99. The molecule has 0 saturated carbocycles. The minimum Gasteiger partial charge on any atom is -0.494 e. The van der Waals surface area contributed by atoms with Crippen LogP contribution in [-0.4, -0.2) is 43.3 Å². The first-order valence-corrected chi connectivity index (χ1v) is 12.3. The van der Waals surface area contributed by atoms with Gasteiger partial charge in [-0.1, -0.05) is 49.2 Å². The number of halogens is 4. The molecule has 0 aliphatic carbocycles. The van der Waals surface area contributed by atoms with Crippen LogP contribution in [0, 0.1) is 11.8 Å². The van der Waals surface area contributed by atoms with Gasteiger partial charge in [-0.25, -0.2) is 5.01 Å². The Balaban J connectivity index is 2.05. The third kappa shape index (κ3) is 6.83. The van der Waals surface area contributed by atoms with Crippen molar-refractivity contribution in [1.82, 2.24) is 5.43 Å². The first-order chi connectivity index (χ1) is 18.0. The van der Waals surface area contributed by atoms with Crippen molar-refractivity contribution in [3.63, 3.8) is 0 Å². The number of ether oxygens (including phenoxy) is 1. The molecule has 1 heterocycles. The third-order valence-electron chi connectivity index (χ3n) is 6.19. The fourth-order valence-electron chi connectivity index (χ4n) is 4.39. The maximum Gasteiger partial charge on any atom is 0.389 e. The molecule has 1 aliphatic rings. The van der Waals surface area contributed by atoms with Crippen LogP contribution in [0.2, 0.25) is 5.02 Å². The van der Waals surface area contributed by atoms with Gasteiger partial charge in [0.1, 0.15) is 18.0 Å². The number of carbonyl (C=O) groups is 3. The topological polar surface area (TPSA) is 114 Å². The zero-order valence-corrected chi connectivity index (χ0v) is 21.6. The molecule has 0 saturated heterocycles. The summed E-state index contributed by atoms with van der Waals surface area (Å²) in [6.45, 7) is 1.35. The Hall–Kier alpha value is -3.60. The van der Waals surface area contributed by atoms with E-state index in [9.17, 15) is 27.6 Å². The van der Waals surface area contributed by atoms with Gasteiger partial charge in [0.15, 0.2) is 0 Å². The van der Waals surface area contributed by atoms with Crippen molar-refractivity contribution >= 4 is 40.7 Å². The minimum atomic E-state index is -4.55. The van der Waals surface area contributed by atoms with Gasteiger partial charge in [0, 0.05) is 28.5 Å². The molecule has 1 aliphatic heterocycles. The average molecular weight is 553 g/mol. The standard InChI is InChI=1S/C26H28ClF3N4O4/c1-3-5-17(24(31)36)18(12-13-26(28,29)30)25(37)33-34-21(35)14-32-22(15-8-10-16(27)11-9-15)19-6-4-7-20(38-2)23(19)34/h4,6-11,17-18H,3,5,12-14H2,1-2H3,(H2,31,36)(H,33,37)/t17-,18+/m0/s1. The maximum absolute atomic E-state index is 13.4. The van der Waals surface area contributed by atoms with Crippen LogP contribution in [0.4, 0.5) is 18.9 Å². The Morgan fingerprint density at radius 2 is 1.84 bits per heavy atom. The minimum absolute atomic E-state index is 0.114. The van der Waals surface area contributed by atoms with E-state index in [1.54, 1.807) is 49.4 Å². The van der Waals surface area contributed by atoms with Crippen LogP contribution < -0.4 is 20.9 Å². The molecule has 204 valence electrons. The summed E-state index contributed by atoms with van der Waals surface area (Å²) in [7, 11) is 1.38. The smallest absolute Gasteiger partial charge is 0.389 e. The van der Waals surface area contributed by atoms with Gasteiger partial charge in [-0.2, -0.15) is 13.2 Å². The van der Waals surface area contributed by atoms with Gasteiger partial charge in [-0.3, -0.25) is 24.8 Å². The number of amides is 3. The summed E-state index contributed by atoms with van der Waals surface area (Å²) < 4.78 is 44.7. The summed E-state index contributed by atoms with van der Waals surface area (Å²) in [5.41, 5.74) is 9.58. The molecule has 8 nitrogen and oxygen atoms in total. The Labute approximate surface area is 223 Å². The number of hydrazine groups is 1. The zero-order chi connectivity index (χ0) is 28.0. The van der Waals surface area contributed by atoms with Crippen LogP contribution in [0.25, 0.3) is 0 Å². The number of para-hydroxylation sites is 1. The molecule has 2 atom stereocenters. The zero-order valence-electron chi connectivity index (χ0n) is 20.8. The number of benzodiazepines with no additional fused rings is 1. The van der Waals surface area contributed by atoms with Crippen LogP contribution >= 0.6 is 11.6 Å². The second kappa shape index (κ2) is 12.3. The molecule has 12 heteroatoms. The number of hydrogen-bond donors (Lipinski definition) is 2. The van der Waals surface area contributed by atoms with Crippen molar-refractivity contribution in [3.8, 4) is 5.75 Å². The normalized spacial score (nSPS) is 15.2. The van der Waals surface area contributed by atoms with E-state index in [-0.39, 0.29) is 24.4 Å². The van der Waals surface area contributed by atoms with E-state index >= 15 is 0 Å². The van der Waals surface area contributed by atoms with Crippen molar-refractivity contribution in [3.05, 3.63) is 58.6 Å². The second-order valence-electron chi connectivity index (χ2n) is 8.79. The highest BCUT2D eigenvalue weighted by Gasteiger charge is 2.38. The summed E-state index contributed by atoms with van der Waals surface area (Å²) >= 11 is 6.01. The van der Waals surface area contributed by atoms with Crippen LogP contribution in [-0.2, 0) is 14.4 Å². The number of nitrogens with zero attached hydrogens (tertiary/aromatic N) is 2. The lowest BCUT2D eigenvalue weighted by molar-refractivity contribution is -0.146. The first kappa shape index (κ1) is 29.0. The van der Waals surface area contributed by atoms with Gasteiger partial charge in [-0.05, 0) is 31.0 Å². The van der Waals surface area contributed by atoms with Crippen molar-refractivity contribution in [2.45, 2.75) is 38.8 Å². The maximum atomic E-state index is 13.4. The van der Waals surface area contributed by atoms with Gasteiger partial charge < -0.3 is 10.5 Å². The van der Waals surface area contributed by atoms with Gasteiger partial charge in [-0.15, -0.1) is 0 Å². The molecule has 38 heavy (non-hydrogen) atoms. The van der Waals surface area contributed by atoms with E-state index in [1.165, 1.54) is 7.11 Å². The first-order valence-electron chi connectivity index (χ1n) is 11.9. The quantitative estimate of drug-likeness (QED) is 0.454. The van der Waals surface area contributed by atoms with Crippen molar-refractivity contribution in [2.24, 2.45) is 22.6 Å². The Bertz CT molecular complexity index is 1220. The fraction of sp³-hybridized carbons (Fsp3) is 0.385. The molecule has 0 fully saturated rings. The highest BCUT2D eigenvalue weighted by molar-refractivity contribution is 6.31. The predicted molar refractivity (Wildman–Crippen MR) is 137 cm³/mol. The molecule has 0 bridgehead atoms. The molecule has 0 aromatic heterocycles. The molecule has 2 aromatic carbocycles. The number of rotatable bonds is 10. The van der Waals surface area contributed by atoms with Gasteiger partial charge in [0.25, 0.3) is 5.91 Å². The number of carbonyl (C=O) groups excluding carboxylic acids is 3. The van der Waals surface area contributed by atoms with E-state index in [0.29, 0.717) is 28.3 Å². The number of benzene rings is 2. The molecule has 2 aromatic rings. The summed E-state index contributed by atoms with van der Waals surface area (Å²) in [6, 6.07) is 11.7. The largest absolute Gasteiger partial charge is 0.494 e. The van der Waals surface area contributed by atoms with Crippen LogP contribution in [0.1, 0.15) is 43.7 Å².